The average molecular weight is 244 g/mol. The number of ether oxygens (including phenoxy) is 2. The van der Waals surface area contributed by atoms with Gasteiger partial charge in [0.2, 0.25) is 0 Å². The molecule has 0 saturated carbocycles. The predicted octanol–water partition coefficient (Wildman–Crippen LogP) is 1.35. The third-order valence-electron chi connectivity index (χ3n) is 2.54. The summed E-state index contributed by atoms with van der Waals surface area (Å²) in [6.07, 6.45) is -1.20. The highest BCUT2D eigenvalue weighted by Crippen LogP contribution is 2.14. The van der Waals surface area contributed by atoms with Crippen molar-refractivity contribution >= 4 is 12.2 Å². The molecule has 1 rings (SSSR count). The predicted molar refractivity (Wildman–Crippen MR) is 61.7 cm³/mol. The molecule has 2 unspecified atom stereocenters. The van der Waals surface area contributed by atoms with Crippen LogP contribution in [0.25, 0.3) is 0 Å². The Labute approximate surface area is 101 Å². The molecule has 0 aromatic heterocycles. The van der Waals surface area contributed by atoms with E-state index >= 15 is 0 Å². The summed E-state index contributed by atoms with van der Waals surface area (Å²) in [7, 11) is 1.63. The highest BCUT2D eigenvalue weighted by atomic mass is 16.6. The topological polar surface area (TPSA) is 67.9 Å². The number of rotatable bonds is 2. The minimum atomic E-state index is -0.532. The molecular weight excluding hydrogens is 224 g/mol. The van der Waals surface area contributed by atoms with Gasteiger partial charge in [0, 0.05) is 7.05 Å². The van der Waals surface area contributed by atoms with Crippen molar-refractivity contribution in [3.05, 3.63) is 0 Å². The third-order valence-corrected chi connectivity index (χ3v) is 2.54. The van der Waals surface area contributed by atoms with E-state index in [4.69, 9.17) is 9.47 Å². The summed E-state index contributed by atoms with van der Waals surface area (Å²) in [4.78, 5) is 24.1. The van der Waals surface area contributed by atoms with Gasteiger partial charge < -0.3 is 19.7 Å². The molecule has 98 valence electrons. The minimum Gasteiger partial charge on any atom is -0.444 e. The summed E-state index contributed by atoms with van der Waals surface area (Å²) in [6, 6.07) is -0.233. The molecule has 0 aromatic carbocycles. The molecule has 0 bridgehead atoms. The van der Waals surface area contributed by atoms with Crippen molar-refractivity contribution in [3.8, 4) is 0 Å². The zero-order chi connectivity index (χ0) is 13.2. The molecule has 6 heteroatoms. The van der Waals surface area contributed by atoms with Crippen LogP contribution in [-0.4, -0.2) is 48.4 Å². The Kier molecular flexibility index (Phi) is 3.85. The lowest BCUT2D eigenvalue weighted by atomic mass is 10.1. The molecule has 6 nitrogen and oxygen atoms in total. The molecule has 2 amide bonds. The number of amides is 2. The lowest BCUT2D eigenvalue weighted by molar-refractivity contribution is 0.00910. The summed E-state index contributed by atoms with van der Waals surface area (Å²) in [6.45, 7) is 7.64. The van der Waals surface area contributed by atoms with Gasteiger partial charge in [-0.3, -0.25) is 0 Å². The highest BCUT2D eigenvalue weighted by Gasteiger charge is 2.33. The van der Waals surface area contributed by atoms with E-state index in [0.29, 0.717) is 6.54 Å². The molecule has 1 aliphatic rings. The van der Waals surface area contributed by atoms with Crippen molar-refractivity contribution in [1.82, 2.24) is 10.2 Å². The molecule has 1 fully saturated rings. The second-order valence-electron chi connectivity index (χ2n) is 5.16. The Morgan fingerprint density at radius 1 is 1.59 bits per heavy atom. The summed E-state index contributed by atoms with van der Waals surface area (Å²) in [5.41, 5.74) is -0.532. The van der Waals surface area contributed by atoms with Crippen LogP contribution in [0.3, 0.4) is 0 Å². The third kappa shape index (κ3) is 3.80. The quantitative estimate of drug-likeness (QED) is 0.796. The summed E-state index contributed by atoms with van der Waals surface area (Å²) < 4.78 is 10.3. The van der Waals surface area contributed by atoms with E-state index in [2.05, 4.69) is 5.32 Å². The van der Waals surface area contributed by atoms with Gasteiger partial charge in [-0.15, -0.1) is 0 Å². The molecule has 0 spiro atoms. The molecular formula is C11H20N2O4. The molecule has 1 saturated heterocycles. The van der Waals surface area contributed by atoms with Crippen molar-refractivity contribution in [1.29, 1.82) is 0 Å². The monoisotopic (exact) mass is 244 g/mol. The number of nitrogens with zero attached hydrogens (tertiary/aromatic N) is 1. The van der Waals surface area contributed by atoms with Crippen molar-refractivity contribution in [2.24, 2.45) is 0 Å². The maximum absolute atomic E-state index is 11.8. The number of carbonyl (C=O) groups is 2. The second-order valence-corrected chi connectivity index (χ2v) is 5.16. The van der Waals surface area contributed by atoms with Crippen molar-refractivity contribution in [2.45, 2.75) is 45.4 Å². The minimum absolute atomic E-state index is 0.233. The van der Waals surface area contributed by atoms with Gasteiger partial charge in [-0.25, -0.2) is 9.59 Å². The van der Waals surface area contributed by atoms with E-state index in [9.17, 15) is 9.59 Å². The lowest BCUT2D eigenvalue weighted by Gasteiger charge is -2.30. The van der Waals surface area contributed by atoms with Crippen molar-refractivity contribution < 1.29 is 19.1 Å². The van der Waals surface area contributed by atoms with Crippen LogP contribution < -0.4 is 5.32 Å². The van der Waals surface area contributed by atoms with Gasteiger partial charge in [0.1, 0.15) is 11.7 Å². The van der Waals surface area contributed by atoms with Crippen LogP contribution in [0.1, 0.15) is 27.7 Å². The Hall–Kier alpha value is -1.46. The first-order valence-corrected chi connectivity index (χ1v) is 5.61. The summed E-state index contributed by atoms with van der Waals surface area (Å²) >= 11 is 0. The number of hydrogen-bond donors (Lipinski definition) is 1. The van der Waals surface area contributed by atoms with Crippen molar-refractivity contribution in [2.75, 3.05) is 13.6 Å². The molecule has 0 aromatic rings. The lowest BCUT2D eigenvalue weighted by Crippen LogP contribution is -2.46. The maximum atomic E-state index is 11.8. The van der Waals surface area contributed by atoms with Crippen LogP contribution in [0, 0.1) is 0 Å². The number of alkyl carbamates (subject to hydrolysis) is 1. The zero-order valence-electron chi connectivity index (χ0n) is 10.9. The molecule has 17 heavy (non-hydrogen) atoms. The molecule has 1 N–H and O–H groups in total. The van der Waals surface area contributed by atoms with Crippen LogP contribution in [0.5, 0.6) is 0 Å². The standard InChI is InChI=1S/C11H20N2O4/c1-7(8-6-12-9(14)16-8)13(5)10(15)17-11(2,3)4/h7-8H,6H2,1-5H3,(H,12,14). The van der Waals surface area contributed by atoms with Gasteiger partial charge in [0.15, 0.2) is 0 Å². The second kappa shape index (κ2) is 4.81. The first-order valence-electron chi connectivity index (χ1n) is 5.61. The number of hydrogen-bond acceptors (Lipinski definition) is 4. The van der Waals surface area contributed by atoms with E-state index < -0.39 is 17.8 Å². The van der Waals surface area contributed by atoms with Crippen LogP contribution in [0.15, 0.2) is 0 Å². The first kappa shape index (κ1) is 13.6. The van der Waals surface area contributed by atoms with Gasteiger partial charge in [-0.2, -0.15) is 0 Å². The van der Waals surface area contributed by atoms with E-state index in [1.54, 1.807) is 27.8 Å². The highest BCUT2D eigenvalue weighted by molar-refractivity contribution is 5.70. The fourth-order valence-electron chi connectivity index (χ4n) is 1.42. The number of likely N-dealkylation sites (N-methyl/N-ethyl adjacent to an activating group) is 1. The van der Waals surface area contributed by atoms with E-state index in [0.717, 1.165) is 0 Å². The van der Waals surface area contributed by atoms with E-state index in [-0.39, 0.29) is 12.1 Å². The van der Waals surface area contributed by atoms with E-state index in [1.807, 2.05) is 6.92 Å². The molecule has 1 aliphatic heterocycles. The average Bonchev–Trinajstić information content (AvgIpc) is 2.60. The van der Waals surface area contributed by atoms with Crippen LogP contribution >= 0.6 is 0 Å². The fraction of sp³-hybridized carbons (Fsp3) is 0.818. The van der Waals surface area contributed by atoms with Crippen LogP contribution in [-0.2, 0) is 9.47 Å². The van der Waals surface area contributed by atoms with E-state index in [1.165, 1.54) is 4.90 Å². The van der Waals surface area contributed by atoms with Gasteiger partial charge in [0.05, 0.1) is 12.6 Å². The Bertz CT molecular complexity index is 311. The largest absolute Gasteiger partial charge is 0.444 e. The maximum Gasteiger partial charge on any atom is 0.410 e. The molecule has 1 heterocycles. The number of carbonyl (C=O) groups excluding carboxylic acids is 2. The van der Waals surface area contributed by atoms with Gasteiger partial charge in [-0.1, -0.05) is 0 Å². The number of nitrogens with one attached hydrogen (secondary N) is 1. The van der Waals surface area contributed by atoms with Crippen LogP contribution in [0.2, 0.25) is 0 Å². The Balaban J connectivity index is 2.54. The molecule has 0 aliphatic carbocycles. The summed E-state index contributed by atoms with van der Waals surface area (Å²) in [5.74, 6) is 0. The van der Waals surface area contributed by atoms with Gasteiger partial charge >= 0.3 is 12.2 Å². The Morgan fingerprint density at radius 2 is 2.18 bits per heavy atom. The molecule has 2 atom stereocenters. The van der Waals surface area contributed by atoms with Gasteiger partial charge in [-0.05, 0) is 27.7 Å². The summed E-state index contributed by atoms with van der Waals surface area (Å²) in [5, 5.41) is 2.55. The first-order chi connectivity index (χ1) is 7.70. The zero-order valence-corrected chi connectivity index (χ0v) is 10.9. The SMILES string of the molecule is CC(C1CNC(=O)O1)N(C)C(=O)OC(C)(C)C. The number of cyclic esters (lactones) is 1. The smallest absolute Gasteiger partial charge is 0.410 e. The fourth-order valence-corrected chi connectivity index (χ4v) is 1.42. The van der Waals surface area contributed by atoms with Gasteiger partial charge in [0.25, 0.3) is 0 Å². The Morgan fingerprint density at radius 3 is 2.59 bits per heavy atom. The van der Waals surface area contributed by atoms with Crippen molar-refractivity contribution in [3.63, 3.8) is 0 Å². The normalized spacial score (nSPS) is 21.5. The van der Waals surface area contributed by atoms with Crippen LogP contribution in [0.4, 0.5) is 9.59 Å². The molecule has 0 radical (unpaired) electrons.